The van der Waals surface area contributed by atoms with Crippen molar-refractivity contribution in [2.75, 3.05) is 24.1 Å². The number of likely N-dealkylation sites (tertiary alicyclic amines) is 1. The molecule has 11 heteroatoms. The third kappa shape index (κ3) is 7.92. The fourth-order valence-electron chi connectivity index (χ4n) is 3.76. The maximum absolute atomic E-state index is 13.1. The first-order chi connectivity index (χ1) is 18.0. The van der Waals surface area contributed by atoms with Crippen LogP contribution in [0.3, 0.4) is 0 Å². The van der Waals surface area contributed by atoms with Gasteiger partial charge in [0.2, 0.25) is 0 Å². The number of carbonyl (C=O) groups excluding carboxylic acids is 2. The predicted octanol–water partition coefficient (Wildman–Crippen LogP) is 3.60. The summed E-state index contributed by atoms with van der Waals surface area (Å²) < 4.78 is 11.4. The summed E-state index contributed by atoms with van der Waals surface area (Å²) in [6.07, 6.45) is 6.86. The molecule has 204 valence electrons. The summed E-state index contributed by atoms with van der Waals surface area (Å²) in [5.74, 6) is 0.127. The summed E-state index contributed by atoms with van der Waals surface area (Å²) in [7, 11) is 0. The van der Waals surface area contributed by atoms with E-state index in [2.05, 4.69) is 15.3 Å². The highest BCUT2D eigenvalue weighted by Gasteiger charge is 2.26. The number of nitrogens with zero attached hydrogens (tertiary/aromatic N) is 4. The molecule has 0 bridgehead atoms. The van der Waals surface area contributed by atoms with Gasteiger partial charge in [-0.05, 0) is 59.6 Å². The lowest BCUT2D eigenvalue weighted by Crippen LogP contribution is -2.42. The van der Waals surface area contributed by atoms with Crippen LogP contribution in [0.2, 0.25) is 0 Å². The number of piperidine rings is 1. The molecule has 1 aromatic carbocycles. The average Bonchev–Trinajstić information content (AvgIpc) is 2.85. The molecule has 2 heterocycles. The van der Waals surface area contributed by atoms with Crippen LogP contribution in [0.1, 0.15) is 58.8 Å². The summed E-state index contributed by atoms with van der Waals surface area (Å²) in [5.41, 5.74) is 13.1. The van der Waals surface area contributed by atoms with E-state index in [1.807, 2.05) is 34.6 Å². The molecule has 0 unspecified atom stereocenters. The van der Waals surface area contributed by atoms with Gasteiger partial charge in [0.1, 0.15) is 11.4 Å². The molecular formula is C27H37N7O4. The van der Waals surface area contributed by atoms with Gasteiger partial charge in [-0.2, -0.15) is 0 Å². The van der Waals surface area contributed by atoms with Crippen LogP contribution in [-0.2, 0) is 9.53 Å². The molecule has 3 rings (SSSR count). The maximum atomic E-state index is 13.1. The Morgan fingerprint density at radius 3 is 2.42 bits per heavy atom. The number of hydrogen-bond acceptors (Lipinski definition) is 9. The minimum atomic E-state index is -0.531. The lowest BCUT2D eigenvalue weighted by atomic mass is 10.1. The van der Waals surface area contributed by atoms with E-state index >= 15 is 0 Å². The molecule has 11 nitrogen and oxygen atoms in total. The zero-order valence-corrected chi connectivity index (χ0v) is 22.6. The minimum absolute atomic E-state index is 0.0275. The Bertz CT molecular complexity index is 1180. The molecule has 0 saturated carbocycles. The summed E-state index contributed by atoms with van der Waals surface area (Å²) in [6.45, 7) is 10.4. The SMILES string of the molecule is CC(C)Oc1cc(N)c(C=NC2CCN(C(=O)OC(C)(C)C)CC2)cc1NC(=O)C(=CN)c1ncccn1. The first kappa shape index (κ1) is 28.4. The van der Waals surface area contributed by atoms with Gasteiger partial charge in [-0.3, -0.25) is 9.79 Å². The van der Waals surface area contributed by atoms with E-state index in [1.165, 1.54) is 12.4 Å². The van der Waals surface area contributed by atoms with Crippen LogP contribution in [0.4, 0.5) is 16.2 Å². The molecule has 0 spiro atoms. The van der Waals surface area contributed by atoms with Crippen molar-refractivity contribution in [3.8, 4) is 5.75 Å². The largest absolute Gasteiger partial charge is 0.489 e. The number of anilines is 2. The molecule has 1 fully saturated rings. The van der Waals surface area contributed by atoms with Crippen LogP contribution in [-0.4, -0.2) is 63.9 Å². The monoisotopic (exact) mass is 523 g/mol. The third-order valence-electron chi connectivity index (χ3n) is 5.55. The van der Waals surface area contributed by atoms with Crippen molar-refractivity contribution < 1.29 is 19.1 Å². The van der Waals surface area contributed by atoms with Crippen molar-refractivity contribution in [3.05, 3.63) is 48.2 Å². The summed E-state index contributed by atoms with van der Waals surface area (Å²) in [4.78, 5) is 40.0. The molecule has 2 aromatic rings. The normalized spacial score (nSPS) is 15.1. The number of amides is 2. The molecule has 1 aliphatic heterocycles. The number of benzene rings is 1. The van der Waals surface area contributed by atoms with Crippen molar-refractivity contribution in [2.45, 2.75) is 65.2 Å². The molecule has 0 aliphatic carbocycles. The zero-order valence-electron chi connectivity index (χ0n) is 22.6. The smallest absolute Gasteiger partial charge is 0.410 e. The first-order valence-corrected chi connectivity index (χ1v) is 12.6. The van der Waals surface area contributed by atoms with Crippen LogP contribution < -0.4 is 21.5 Å². The number of nitrogen functional groups attached to an aromatic ring is 1. The summed E-state index contributed by atoms with van der Waals surface area (Å²) in [6, 6.07) is 5.05. The van der Waals surface area contributed by atoms with E-state index in [-0.39, 0.29) is 29.6 Å². The lowest BCUT2D eigenvalue weighted by Gasteiger charge is -2.32. The van der Waals surface area contributed by atoms with Crippen LogP contribution >= 0.6 is 0 Å². The number of nitrogens with one attached hydrogen (secondary N) is 1. The molecule has 1 aliphatic rings. The number of carbonyl (C=O) groups is 2. The molecule has 1 saturated heterocycles. The number of nitrogens with two attached hydrogens (primary N) is 2. The Labute approximate surface area is 223 Å². The van der Waals surface area contributed by atoms with Crippen LogP contribution in [0.15, 0.2) is 41.8 Å². The number of hydrogen-bond donors (Lipinski definition) is 3. The standard InChI is InChI=1S/C27H37N7O4/c1-17(2)37-23-14-21(29)18(13-22(23)33-25(35)20(15-28)24-30-9-6-10-31-24)16-32-19-7-11-34(12-8-19)26(36)38-27(3,4)5/h6,9-10,13-17,19H,7-8,11-12,28-29H2,1-5H3,(H,33,35). The number of aromatic nitrogens is 2. The van der Waals surface area contributed by atoms with Crippen molar-refractivity contribution in [1.29, 1.82) is 0 Å². The quantitative estimate of drug-likeness (QED) is 0.282. The molecule has 0 radical (unpaired) electrons. The fourth-order valence-corrected chi connectivity index (χ4v) is 3.76. The number of ether oxygens (including phenoxy) is 2. The van der Waals surface area contributed by atoms with Gasteiger partial charge >= 0.3 is 6.09 Å². The van der Waals surface area contributed by atoms with Crippen molar-refractivity contribution in [1.82, 2.24) is 14.9 Å². The highest BCUT2D eigenvalue weighted by molar-refractivity contribution is 6.24. The summed E-state index contributed by atoms with van der Waals surface area (Å²) >= 11 is 0. The van der Waals surface area contributed by atoms with E-state index in [1.54, 1.807) is 29.3 Å². The molecule has 38 heavy (non-hydrogen) atoms. The van der Waals surface area contributed by atoms with Gasteiger partial charge in [0.15, 0.2) is 5.82 Å². The van der Waals surface area contributed by atoms with Gasteiger partial charge in [-0.25, -0.2) is 14.8 Å². The molecule has 1 aromatic heterocycles. The van der Waals surface area contributed by atoms with Gasteiger partial charge in [0.25, 0.3) is 5.91 Å². The van der Waals surface area contributed by atoms with E-state index in [9.17, 15) is 9.59 Å². The molecule has 2 amide bonds. The maximum Gasteiger partial charge on any atom is 0.410 e. The van der Waals surface area contributed by atoms with Crippen molar-refractivity contribution in [3.63, 3.8) is 0 Å². The average molecular weight is 524 g/mol. The fraction of sp³-hybridized carbons (Fsp3) is 0.444. The van der Waals surface area contributed by atoms with Gasteiger partial charge in [-0.15, -0.1) is 0 Å². The zero-order chi connectivity index (χ0) is 27.9. The van der Waals surface area contributed by atoms with E-state index < -0.39 is 11.5 Å². The van der Waals surface area contributed by atoms with Crippen molar-refractivity contribution >= 4 is 35.2 Å². The second-order valence-electron chi connectivity index (χ2n) is 10.2. The Kier molecular flexibility index (Phi) is 9.27. The first-order valence-electron chi connectivity index (χ1n) is 12.6. The van der Waals surface area contributed by atoms with E-state index in [0.717, 1.165) is 6.20 Å². The highest BCUT2D eigenvalue weighted by Crippen LogP contribution is 2.32. The van der Waals surface area contributed by atoms with Crippen LogP contribution in [0.25, 0.3) is 5.57 Å². The van der Waals surface area contributed by atoms with Gasteiger partial charge in [0, 0.05) is 55.2 Å². The Balaban J connectivity index is 1.76. The Morgan fingerprint density at radius 2 is 1.84 bits per heavy atom. The lowest BCUT2D eigenvalue weighted by molar-refractivity contribution is -0.111. The van der Waals surface area contributed by atoms with Crippen molar-refractivity contribution in [2.24, 2.45) is 10.7 Å². The Morgan fingerprint density at radius 1 is 1.18 bits per heavy atom. The molecule has 5 N–H and O–H groups in total. The van der Waals surface area contributed by atoms with Crippen LogP contribution in [0.5, 0.6) is 5.75 Å². The second kappa shape index (κ2) is 12.4. The number of rotatable bonds is 7. The van der Waals surface area contributed by atoms with Gasteiger partial charge in [-0.1, -0.05) is 0 Å². The van der Waals surface area contributed by atoms with Gasteiger partial charge < -0.3 is 31.2 Å². The molecular weight excluding hydrogens is 486 g/mol. The second-order valence-corrected chi connectivity index (χ2v) is 10.2. The Hall–Kier alpha value is -4.15. The third-order valence-corrected chi connectivity index (χ3v) is 5.55. The van der Waals surface area contributed by atoms with E-state index in [4.69, 9.17) is 25.9 Å². The minimum Gasteiger partial charge on any atom is -0.489 e. The topological polar surface area (TPSA) is 158 Å². The van der Waals surface area contributed by atoms with Gasteiger partial charge in [0.05, 0.1) is 23.4 Å². The molecule has 0 atom stereocenters. The highest BCUT2D eigenvalue weighted by atomic mass is 16.6. The predicted molar refractivity (Wildman–Crippen MR) is 148 cm³/mol. The summed E-state index contributed by atoms with van der Waals surface area (Å²) in [5, 5.41) is 2.84. The van der Waals surface area contributed by atoms with E-state index in [0.29, 0.717) is 48.6 Å². The van der Waals surface area contributed by atoms with Crippen LogP contribution in [0, 0.1) is 0 Å². The number of aliphatic imine (C=N–C) groups is 1.